The first-order valence-electron chi connectivity index (χ1n) is 13.1. The zero-order valence-electron chi connectivity index (χ0n) is 22.6. The fraction of sp³-hybridized carbons (Fsp3) is 0.444. The molecule has 4 rings (SSSR count). The maximum absolute atomic E-state index is 12.2. The van der Waals surface area contributed by atoms with Gasteiger partial charge in [-0.2, -0.15) is 12.8 Å². The van der Waals surface area contributed by atoms with E-state index in [2.05, 4.69) is 9.36 Å². The lowest BCUT2D eigenvalue weighted by atomic mass is 10.0. The highest BCUT2D eigenvalue weighted by atomic mass is 32.2. The highest BCUT2D eigenvalue weighted by molar-refractivity contribution is 7.85. The van der Waals surface area contributed by atoms with Gasteiger partial charge in [0.05, 0.1) is 12.6 Å². The van der Waals surface area contributed by atoms with E-state index in [1.807, 2.05) is 68.4 Å². The molecule has 3 aromatic rings. The van der Waals surface area contributed by atoms with Crippen LogP contribution in [0.1, 0.15) is 42.8 Å². The molecule has 12 nitrogen and oxygen atoms in total. The van der Waals surface area contributed by atoms with Crippen molar-refractivity contribution >= 4 is 27.7 Å². The maximum atomic E-state index is 12.2. The van der Waals surface area contributed by atoms with E-state index in [-0.39, 0.29) is 5.92 Å². The van der Waals surface area contributed by atoms with Crippen LogP contribution in [-0.4, -0.2) is 64.9 Å². The third kappa shape index (κ3) is 8.75. The van der Waals surface area contributed by atoms with Crippen molar-refractivity contribution in [3.05, 3.63) is 71.0 Å². The lowest BCUT2D eigenvalue weighted by molar-refractivity contribution is -0.121. The number of ether oxygens (including phenoxy) is 2. The third-order valence-corrected chi connectivity index (χ3v) is 7.99. The summed E-state index contributed by atoms with van der Waals surface area (Å²) in [5.41, 5.74) is 6.74. The summed E-state index contributed by atoms with van der Waals surface area (Å²) < 4.78 is 46.9. The van der Waals surface area contributed by atoms with Gasteiger partial charge in [-0.15, -0.1) is 0 Å². The summed E-state index contributed by atoms with van der Waals surface area (Å²) in [5.74, 6) is 1.18. The Bertz CT molecular complexity index is 1400. The quantitative estimate of drug-likeness (QED) is 0.223. The van der Waals surface area contributed by atoms with Crippen molar-refractivity contribution in [2.45, 2.75) is 63.6 Å². The number of benzene rings is 2. The molecule has 5 N–H and O–H groups in total. The topological polar surface area (TPSA) is 183 Å². The van der Waals surface area contributed by atoms with E-state index in [1.54, 1.807) is 4.72 Å². The average Bonchev–Trinajstić information content (AvgIpc) is 3.51. The average molecular weight is 607 g/mol. The van der Waals surface area contributed by atoms with Crippen LogP contribution in [0.5, 0.6) is 11.5 Å². The molecule has 1 fully saturated rings. The molecule has 14 heteroatoms. The zero-order chi connectivity index (χ0) is 29.6. The van der Waals surface area contributed by atoms with Gasteiger partial charge in [-0.3, -0.25) is 8.98 Å². The number of aliphatic hydroxyl groups excluding tert-OH is 2. The summed E-state index contributed by atoms with van der Waals surface area (Å²) in [5, 5.41) is 21.3. The van der Waals surface area contributed by atoms with E-state index >= 15 is 0 Å². The molecule has 41 heavy (non-hydrogen) atoms. The molecule has 1 aliphatic heterocycles. The van der Waals surface area contributed by atoms with Crippen molar-refractivity contribution in [3.8, 4) is 11.5 Å². The maximum Gasteiger partial charge on any atom is 0.362 e. The van der Waals surface area contributed by atoms with Crippen LogP contribution in [0.3, 0.4) is 0 Å². The second kappa shape index (κ2) is 13.8. The number of carbonyl (C=O) groups is 1. The molecule has 222 valence electrons. The molecule has 0 unspecified atom stereocenters. The number of hydrogen-bond donors (Lipinski definition) is 4. The van der Waals surface area contributed by atoms with Gasteiger partial charge in [0.15, 0.2) is 0 Å². The van der Waals surface area contributed by atoms with Crippen molar-refractivity contribution in [2.75, 3.05) is 6.61 Å². The minimum absolute atomic E-state index is 0.0893. The van der Waals surface area contributed by atoms with Gasteiger partial charge in [-0.25, -0.2) is 9.71 Å². The number of nitrogens with two attached hydrogens (primary N) is 1. The van der Waals surface area contributed by atoms with E-state index in [0.29, 0.717) is 35.8 Å². The summed E-state index contributed by atoms with van der Waals surface area (Å²) in [7, 11) is -4.51. The summed E-state index contributed by atoms with van der Waals surface area (Å²) in [6.45, 7) is 3.06. The number of nitrogens with zero attached hydrogens (tertiary/aromatic N) is 2. The fourth-order valence-corrected chi connectivity index (χ4v) is 5.77. The smallest absolute Gasteiger partial charge is 0.362 e. The molecule has 0 saturated carbocycles. The number of para-hydroxylation sites is 1. The molecule has 2 aromatic carbocycles. The number of nitrogens with one attached hydrogen (secondary N) is 1. The first-order valence-corrected chi connectivity index (χ1v) is 15.3. The zero-order valence-corrected chi connectivity index (χ0v) is 24.3. The van der Waals surface area contributed by atoms with Gasteiger partial charge in [-0.1, -0.05) is 44.2 Å². The minimum Gasteiger partial charge on any atom is -0.457 e. The summed E-state index contributed by atoms with van der Waals surface area (Å²) >= 11 is 1.02. The number of rotatable bonds is 13. The van der Waals surface area contributed by atoms with Crippen LogP contribution in [0.25, 0.3) is 0 Å². The number of aryl methyl sites for hydroxylation is 2. The molecule has 1 amide bonds. The van der Waals surface area contributed by atoms with E-state index in [4.69, 9.17) is 19.4 Å². The Morgan fingerprint density at radius 2 is 1.83 bits per heavy atom. The molecule has 0 aliphatic carbocycles. The first kappa shape index (κ1) is 31.0. The van der Waals surface area contributed by atoms with Crippen LogP contribution in [0.15, 0.2) is 54.6 Å². The van der Waals surface area contributed by atoms with Crippen molar-refractivity contribution in [2.24, 2.45) is 11.7 Å². The molecule has 5 atom stereocenters. The molecule has 0 radical (unpaired) electrons. The fourth-order valence-electron chi connectivity index (χ4n) is 4.22. The lowest BCUT2D eigenvalue weighted by Crippen LogP contribution is -2.45. The van der Waals surface area contributed by atoms with Crippen molar-refractivity contribution in [1.82, 2.24) is 14.1 Å². The molecular weight excluding hydrogens is 572 g/mol. The number of amides is 1. The van der Waals surface area contributed by atoms with E-state index in [1.165, 1.54) is 0 Å². The van der Waals surface area contributed by atoms with Crippen LogP contribution in [0.2, 0.25) is 0 Å². The van der Waals surface area contributed by atoms with Gasteiger partial charge < -0.3 is 25.4 Å². The predicted octanol–water partition coefficient (Wildman–Crippen LogP) is 2.03. The standard InChI is InChI=1S/C27H34N4O8S2/c1-16(2)13-20(28)26(34)31-41(35,36)37-15-21-23(32)24(33)25(39-21)27-29-22(30-40-27)12-11-17-7-6-10-19(14-17)38-18-8-4-3-5-9-18/h3-10,14,16,20-21,23-25,32-33H,11-13,15,28H2,1-2H3,(H,31,34)/t20-,21+,23+,24+,25+/m0/s1. The van der Waals surface area contributed by atoms with Crippen LogP contribution < -0.4 is 15.2 Å². The lowest BCUT2D eigenvalue weighted by Gasteiger charge is -2.16. The Labute approximate surface area is 242 Å². The predicted molar refractivity (Wildman–Crippen MR) is 150 cm³/mol. The molecule has 1 aliphatic rings. The molecule has 0 bridgehead atoms. The van der Waals surface area contributed by atoms with Crippen molar-refractivity contribution in [1.29, 1.82) is 0 Å². The highest BCUT2D eigenvalue weighted by Gasteiger charge is 2.45. The van der Waals surface area contributed by atoms with Crippen LogP contribution in [0, 0.1) is 5.92 Å². The van der Waals surface area contributed by atoms with E-state index in [0.717, 1.165) is 22.8 Å². The largest absolute Gasteiger partial charge is 0.457 e. The van der Waals surface area contributed by atoms with Crippen molar-refractivity contribution in [3.63, 3.8) is 0 Å². The normalized spacial score (nSPS) is 21.6. The molecule has 0 spiro atoms. The third-order valence-electron chi connectivity index (χ3n) is 6.28. The molecule has 1 aromatic heterocycles. The number of aromatic nitrogens is 2. The highest BCUT2D eigenvalue weighted by Crippen LogP contribution is 2.35. The Kier molecular flexibility index (Phi) is 10.4. The Balaban J connectivity index is 1.29. The van der Waals surface area contributed by atoms with Gasteiger partial charge in [0.25, 0.3) is 5.91 Å². The van der Waals surface area contributed by atoms with Gasteiger partial charge >= 0.3 is 10.3 Å². The second-order valence-corrected chi connectivity index (χ2v) is 12.3. The summed E-state index contributed by atoms with van der Waals surface area (Å²) in [6.07, 6.45) is -3.60. The van der Waals surface area contributed by atoms with Crippen molar-refractivity contribution < 1.29 is 37.1 Å². The van der Waals surface area contributed by atoms with E-state index < -0.39 is 53.3 Å². The Morgan fingerprint density at radius 1 is 1.10 bits per heavy atom. The number of carbonyl (C=O) groups excluding carboxylic acids is 1. The van der Waals surface area contributed by atoms with Crippen LogP contribution >= 0.6 is 11.5 Å². The van der Waals surface area contributed by atoms with Gasteiger partial charge in [0, 0.05) is 6.42 Å². The van der Waals surface area contributed by atoms with Gasteiger partial charge in [0.2, 0.25) is 0 Å². The second-order valence-electron chi connectivity index (χ2n) is 10.1. The SMILES string of the molecule is CC(C)C[C@H](N)C(=O)NS(=O)(=O)OC[C@H]1O[C@@H](c2nc(CCc3cccc(Oc4ccccc4)c3)ns2)[C@H](O)[C@@H]1O. The minimum atomic E-state index is -4.51. The molecule has 2 heterocycles. The Hall–Kier alpha value is -2.98. The van der Waals surface area contributed by atoms with Gasteiger partial charge in [0.1, 0.15) is 46.7 Å². The van der Waals surface area contributed by atoms with E-state index in [9.17, 15) is 23.4 Å². The van der Waals surface area contributed by atoms with Gasteiger partial charge in [-0.05, 0) is 60.1 Å². The van der Waals surface area contributed by atoms with Crippen LogP contribution in [-0.2, 0) is 36.9 Å². The summed E-state index contributed by atoms with van der Waals surface area (Å²) in [4.78, 5) is 16.5. The van der Waals surface area contributed by atoms with Crippen LogP contribution in [0.4, 0.5) is 0 Å². The Morgan fingerprint density at radius 3 is 2.56 bits per heavy atom. The summed E-state index contributed by atoms with van der Waals surface area (Å²) in [6, 6.07) is 16.2. The number of hydrogen-bond acceptors (Lipinski definition) is 12. The number of aliphatic hydroxyl groups is 2. The molecular formula is C27H34N4O8S2. The first-order chi connectivity index (χ1) is 19.5. The monoisotopic (exact) mass is 606 g/mol. The molecule has 1 saturated heterocycles.